The van der Waals surface area contributed by atoms with Gasteiger partial charge in [0, 0.05) is 17.8 Å². The molecular formula is C14H20N2O4. The number of hydrogen-bond donors (Lipinski definition) is 3. The highest BCUT2D eigenvalue weighted by Gasteiger charge is 2.12. The number of hydrogen-bond acceptors (Lipinski definition) is 3. The molecule has 0 saturated carbocycles. The summed E-state index contributed by atoms with van der Waals surface area (Å²) in [6, 6.07) is 4.16. The number of urea groups is 1. The highest BCUT2D eigenvalue weighted by molar-refractivity contribution is 5.94. The second kappa shape index (κ2) is 7.37. The normalized spacial score (nSPS) is 11.6. The number of benzene rings is 1. The van der Waals surface area contributed by atoms with E-state index in [-0.39, 0.29) is 23.4 Å². The lowest BCUT2D eigenvalue weighted by molar-refractivity contribution is 0.0693. The largest absolute Gasteiger partial charge is 0.496 e. The Kier molecular flexibility index (Phi) is 5.83. The Morgan fingerprint density at radius 2 is 2.10 bits per heavy atom. The van der Waals surface area contributed by atoms with Gasteiger partial charge < -0.3 is 20.5 Å². The van der Waals surface area contributed by atoms with Crippen LogP contribution in [0.3, 0.4) is 0 Å². The van der Waals surface area contributed by atoms with E-state index in [0.717, 1.165) is 12.8 Å². The van der Waals surface area contributed by atoms with Crippen LogP contribution in [-0.4, -0.2) is 30.3 Å². The SMILES string of the molecule is CCCC(C)NC(=O)Nc1ccc(C(=O)O)c(OC)c1. The Morgan fingerprint density at radius 3 is 2.65 bits per heavy atom. The minimum Gasteiger partial charge on any atom is -0.496 e. The Bertz CT molecular complexity index is 488. The highest BCUT2D eigenvalue weighted by atomic mass is 16.5. The summed E-state index contributed by atoms with van der Waals surface area (Å²) in [7, 11) is 1.38. The molecule has 0 fully saturated rings. The van der Waals surface area contributed by atoms with Crippen LogP contribution in [0.2, 0.25) is 0 Å². The monoisotopic (exact) mass is 280 g/mol. The maximum absolute atomic E-state index is 11.7. The van der Waals surface area contributed by atoms with Gasteiger partial charge in [-0.05, 0) is 25.5 Å². The second-order valence-electron chi connectivity index (χ2n) is 4.51. The van der Waals surface area contributed by atoms with Gasteiger partial charge in [-0.1, -0.05) is 13.3 Å². The molecule has 1 aromatic rings. The number of carbonyl (C=O) groups is 2. The summed E-state index contributed by atoms with van der Waals surface area (Å²) in [6.45, 7) is 3.97. The van der Waals surface area contributed by atoms with E-state index in [0.29, 0.717) is 5.69 Å². The van der Waals surface area contributed by atoms with Gasteiger partial charge in [-0.2, -0.15) is 0 Å². The number of aromatic carboxylic acids is 1. The molecule has 6 heteroatoms. The van der Waals surface area contributed by atoms with E-state index in [9.17, 15) is 9.59 Å². The van der Waals surface area contributed by atoms with Crippen LogP contribution in [0.4, 0.5) is 10.5 Å². The van der Waals surface area contributed by atoms with Crippen LogP contribution in [0.15, 0.2) is 18.2 Å². The maximum Gasteiger partial charge on any atom is 0.339 e. The minimum absolute atomic E-state index is 0.0535. The number of rotatable bonds is 6. The van der Waals surface area contributed by atoms with Crippen LogP contribution >= 0.6 is 0 Å². The molecule has 0 aliphatic heterocycles. The Hall–Kier alpha value is -2.24. The van der Waals surface area contributed by atoms with E-state index in [1.807, 2.05) is 13.8 Å². The molecule has 0 heterocycles. The summed E-state index contributed by atoms with van der Waals surface area (Å²) in [4.78, 5) is 22.7. The van der Waals surface area contributed by atoms with Crippen molar-refractivity contribution in [1.82, 2.24) is 5.32 Å². The molecular weight excluding hydrogens is 260 g/mol. The third-order valence-corrected chi connectivity index (χ3v) is 2.79. The number of carboxylic acids is 1. The third kappa shape index (κ3) is 4.46. The lowest BCUT2D eigenvalue weighted by Crippen LogP contribution is -2.35. The number of methoxy groups -OCH3 is 1. The highest BCUT2D eigenvalue weighted by Crippen LogP contribution is 2.23. The van der Waals surface area contributed by atoms with E-state index >= 15 is 0 Å². The predicted octanol–water partition coefficient (Wildman–Crippen LogP) is 2.70. The molecule has 1 aromatic carbocycles. The number of amides is 2. The molecule has 1 unspecified atom stereocenters. The van der Waals surface area contributed by atoms with Crippen molar-refractivity contribution in [1.29, 1.82) is 0 Å². The molecule has 110 valence electrons. The van der Waals surface area contributed by atoms with Crippen molar-refractivity contribution in [3.8, 4) is 5.75 Å². The standard InChI is InChI=1S/C14H20N2O4/c1-4-5-9(2)15-14(19)16-10-6-7-11(13(17)18)12(8-10)20-3/h6-9H,4-5H2,1-3H3,(H,17,18)(H2,15,16,19). The molecule has 3 N–H and O–H groups in total. The van der Waals surface area contributed by atoms with Gasteiger partial charge in [-0.3, -0.25) is 0 Å². The molecule has 2 amide bonds. The summed E-state index contributed by atoms with van der Waals surface area (Å²) < 4.78 is 5.00. The van der Waals surface area contributed by atoms with E-state index in [2.05, 4.69) is 10.6 Å². The van der Waals surface area contributed by atoms with E-state index in [1.54, 1.807) is 0 Å². The van der Waals surface area contributed by atoms with Crippen molar-refractivity contribution in [2.45, 2.75) is 32.7 Å². The fourth-order valence-corrected chi connectivity index (χ4v) is 1.84. The maximum atomic E-state index is 11.7. The second-order valence-corrected chi connectivity index (χ2v) is 4.51. The lowest BCUT2D eigenvalue weighted by Gasteiger charge is -2.14. The van der Waals surface area contributed by atoms with Crippen LogP contribution in [0.5, 0.6) is 5.75 Å². The number of carbonyl (C=O) groups excluding carboxylic acids is 1. The number of carboxylic acid groups (broad SMARTS) is 1. The van der Waals surface area contributed by atoms with Gasteiger partial charge in [0.05, 0.1) is 7.11 Å². The van der Waals surface area contributed by atoms with Gasteiger partial charge >= 0.3 is 12.0 Å². The van der Waals surface area contributed by atoms with Gasteiger partial charge in [-0.15, -0.1) is 0 Å². The Labute approximate surface area is 118 Å². The lowest BCUT2D eigenvalue weighted by atomic mass is 10.2. The van der Waals surface area contributed by atoms with Crippen molar-refractivity contribution in [3.05, 3.63) is 23.8 Å². The minimum atomic E-state index is -1.07. The summed E-state index contributed by atoms with van der Waals surface area (Å²) in [5.41, 5.74) is 0.533. The topological polar surface area (TPSA) is 87.7 Å². The van der Waals surface area contributed by atoms with Gasteiger partial charge in [-0.25, -0.2) is 9.59 Å². The van der Waals surface area contributed by atoms with Gasteiger partial charge in [0.25, 0.3) is 0 Å². The average molecular weight is 280 g/mol. The summed E-state index contributed by atoms with van der Waals surface area (Å²) in [5, 5.41) is 14.4. The zero-order chi connectivity index (χ0) is 15.1. The first kappa shape index (κ1) is 15.8. The summed E-state index contributed by atoms with van der Waals surface area (Å²) in [5.74, 6) is -0.869. The van der Waals surface area contributed by atoms with Crippen molar-refractivity contribution >= 4 is 17.7 Å². The van der Waals surface area contributed by atoms with Gasteiger partial charge in [0.2, 0.25) is 0 Å². The number of anilines is 1. The van der Waals surface area contributed by atoms with Crippen LogP contribution in [0, 0.1) is 0 Å². The molecule has 0 bridgehead atoms. The smallest absolute Gasteiger partial charge is 0.339 e. The first-order valence-electron chi connectivity index (χ1n) is 6.46. The van der Waals surface area contributed by atoms with Crippen LogP contribution in [0.25, 0.3) is 0 Å². The third-order valence-electron chi connectivity index (χ3n) is 2.79. The molecule has 20 heavy (non-hydrogen) atoms. The van der Waals surface area contributed by atoms with E-state index < -0.39 is 5.97 Å². The zero-order valence-electron chi connectivity index (χ0n) is 11.9. The van der Waals surface area contributed by atoms with Gasteiger partial charge in [0.15, 0.2) is 0 Å². The molecule has 6 nitrogen and oxygen atoms in total. The molecule has 0 spiro atoms. The van der Waals surface area contributed by atoms with E-state index in [1.165, 1.54) is 25.3 Å². The quantitative estimate of drug-likeness (QED) is 0.747. The van der Waals surface area contributed by atoms with Crippen LogP contribution < -0.4 is 15.4 Å². The average Bonchev–Trinajstić information content (AvgIpc) is 2.38. The fourth-order valence-electron chi connectivity index (χ4n) is 1.84. The molecule has 1 rings (SSSR count). The fraction of sp³-hybridized carbons (Fsp3) is 0.429. The van der Waals surface area contributed by atoms with Crippen molar-refractivity contribution in [3.63, 3.8) is 0 Å². The molecule has 1 atom stereocenters. The predicted molar refractivity (Wildman–Crippen MR) is 76.5 cm³/mol. The molecule has 0 radical (unpaired) electrons. The first-order chi connectivity index (χ1) is 9.47. The summed E-state index contributed by atoms with van der Waals surface area (Å²) in [6.07, 6.45) is 1.89. The molecule has 0 saturated heterocycles. The number of ether oxygens (including phenoxy) is 1. The summed E-state index contributed by atoms with van der Waals surface area (Å²) >= 11 is 0. The molecule has 0 aliphatic carbocycles. The van der Waals surface area contributed by atoms with Crippen LogP contribution in [0.1, 0.15) is 37.0 Å². The molecule has 0 aliphatic rings. The molecule has 0 aromatic heterocycles. The first-order valence-corrected chi connectivity index (χ1v) is 6.46. The van der Waals surface area contributed by atoms with Crippen molar-refractivity contribution in [2.24, 2.45) is 0 Å². The zero-order valence-corrected chi connectivity index (χ0v) is 11.9. The van der Waals surface area contributed by atoms with E-state index in [4.69, 9.17) is 9.84 Å². The van der Waals surface area contributed by atoms with Crippen LogP contribution in [-0.2, 0) is 0 Å². The number of nitrogens with one attached hydrogen (secondary N) is 2. The van der Waals surface area contributed by atoms with Crippen molar-refractivity contribution < 1.29 is 19.4 Å². The van der Waals surface area contributed by atoms with Gasteiger partial charge in [0.1, 0.15) is 11.3 Å². The Morgan fingerprint density at radius 1 is 1.40 bits per heavy atom. The Balaban J connectivity index is 2.73. The van der Waals surface area contributed by atoms with Crippen molar-refractivity contribution in [2.75, 3.05) is 12.4 Å².